The first-order valence-corrected chi connectivity index (χ1v) is 12.6. The minimum atomic E-state index is -0.543. The Labute approximate surface area is 210 Å². The van der Waals surface area contributed by atoms with Gasteiger partial charge in [0.05, 0.1) is 6.04 Å². The average molecular weight is 495 g/mol. The summed E-state index contributed by atoms with van der Waals surface area (Å²) in [5.41, 5.74) is 2.01. The minimum Gasteiger partial charge on any atom is -0.491 e. The maximum atomic E-state index is 13.7. The molecule has 3 aromatic rings. The molecule has 2 aromatic carbocycles. The number of rotatable bonds is 6. The van der Waals surface area contributed by atoms with Crippen molar-refractivity contribution in [1.29, 1.82) is 0 Å². The Morgan fingerprint density at radius 2 is 1.83 bits per heavy atom. The lowest BCUT2D eigenvalue weighted by Gasteiger charge is -2.40. The van der Waals surface area contributed by atoms with Crippen molar-refractivity contribution in [3.8, 4) is 5.75 Å². The molecule has 1 atom stereocenters. The third-order valence-electron chi connectivity index (χ3n) is 6.36. The summed E-state index contributed by atoms with van der Waals surface area (Å²) in [5, 5.41) is 2.03. The molecular weight excluding hydrogens is 463 g/mol. The van der Waals surface area contributed by atoms with Crippen LogP contribution in [0.25, 0.3) is 0 Å². The van der Waals surface area contributed by atoms with Crippen LogP contribution < -0.4 is 4.74 Å². The summed E-state index contributed by atoms with van der Waals surface area (Å²) in [6.45, 7) is 8.52. The summed E-state index contributed by atoms with van der Waals surface area (Å²) in [6, 6.07) is 15.1. The number of nitrogens with zero attached hydrogens (tertiary/aromatic N) is 2. The lowest BCUT2D eigenvalue weighted by atomic mass is 9.99. The molecule has 0 spiro atoms. The zero-order valence-corrected chi connectivity index (χ0v) is 21.4. The smallest absolute Gasteiger partial charge is 0.255 e. The van der Waals surface area contributed by atoms with Gasteiger partial charge in [-0.05, 0) is 87.0 Å². The van der Waals surface area contributed by atoms with Gasteiger partial charge in [0.2, 0.25) is 5.91 Å². The summed E-state index contributed by atoms with van der Waals surface area (Å²) in [7, 11) is 0. The molecule has 35 heavy (non-hydrogen) atoms. The highest BCUT2D eigenvalue weighted by atomic mass is 32.1. The van der Waals surface area contributed by atoms with E-state index in [0.717, 1.165) is 17.5 Å². The van der Waals surface area contributed by atoms with Gasteiger partial charge in [0.25, 0.3) is 5.91 Å². The van der Waals surface area contributed by atoms with Crippen LogP contribution in [0.4, 0.5) is 4.39 Å². The molecule has 5 nitrogen and oxygen atoms in total. The van der Waals surface area contributed by atoms with E-state index >= 15 is 0 Å². The Hall–Kier alpha value is -3.19. The first-order chi connectivity index (χ1) is 16.6. The molecule has 0 fully saturated rings. The molecule has 0 saturated carbocycles. The average Bonchev–Trinajstić information content (AvgIpc) is 3.30. The first kappa shape index (κ1) is 24.9. The Morgan fingerprint density at radius 3 is 2.51 bits per heavy atom. The van der Waals surface area contributed by atoms with E-state index in [1.807, 2.05) is 62.2 Å². The fourth-order valence-electron chi connectivity index (χ4n) is 4.38. The molecule has 4 rings (SSSR count). The van der Waals surface area contributed by atoms with Crippen molar-refractivity contribution in [3.05, 3.63) is 87.4 Å². The Bertz CT molecular complexity index is 1200. The van der Waals surface area contributed by atoms with Gasteiger partial charge < -0.3 is 14.5 Å². The minimum absolute atomic E-state index is 0.0246. The van der Waals surface area contributed by atoms with Crippen molar-refractivity contribution < 1.29 is 18.7 Å². The topological polar surface area (TPSA) is 49.9 Å². The molecule has 1 aromatic heterocycles. The fraction of sp³-hybridized carbons (Fsp3) is 0.357. The number of halogens is 1. The van der Waals surface area contributed by atoms with Crippen LogP contribution >= 0.6 is 11.3 Å². The molecule has 0 bridgehead atoms. The third-order valence-corrected chi connectivity index (χ3v) is 7.36. The molecule has 0 unspecified atom stereocenters. The Morgan fingerprint density at radius 1 is 1.11 bits per heavy atom. The monoisotopic (exact) mass is 494 g/mol. The van der Waals surface area contributed by atoms with E-state index in [2.05, 4.69) is 0 Å². The van der Waals surface area contributed by atoms with E-state index < -0.39 is 5.54 Å². The predicted octanol–water partition coefficient (Wildman–Crippen LogP) is 5.64. The van der Waals surface area contributed by atoms with E-state index in [0.29, 0.717) is 17.9 Å². The summed E-state index contributed by atoms with van der Waals surface area (Å²) >= 11 is 1.68. The highest BCUT2D eigenvalue weighted by Gasteiger charge is 2.36. The first-order valence-electron chi connectivity index (χ1n) is 11.8. The number of amides is 2. The SMILES string of the molecule is Cc1ccccc1C(=O)N(CC(=O)N1CCc2sccc2[C@@H]1COc1ccc(F)cc1)C(C)(C)C. The van der Waals surface area contributed by atoms with Crippen molar-refractivity contribution in [1.82, 2.24) is 9.80 Å². The van der Waals surface area contributed by atoms with Crippen molar-refractivity contribution in [2.24, 2.45) is 0 Å². The molecule has 184 valence electrons. The molecule has 0 N–H and O–H groups in total. The highest BCUT2D eigenvalue weighted by molar-refractivity contribution is 7.10. The van der Waals surface area contributed by atoms with Crippen LogP contribution in [0.5, 0.6) is 5.75 Å². The normalized spacial score (nSPS) is 15.5. The summed E-state index contributed by atoms with van der Waals surface area (Å²) in [4.78, 5) is 31.9. The van der Waals surface area contributed by atoms with E-state index in [1.165, 1.54) is 17.0 Å². The predicted molar refractivity (Wildman–Crippen MR) is 136 cm³/mol. The Balaban J connectivity index is 1.57. The number of fused-ring (bicyclic) bond motifs is 1. The lowest BCUT2D eigenvalue weighted by molar-refractivity contribution is -0.136. The summed E-state index contributed by atoms with van der Waals surface area (Å²) < 4.78 is 19.3. The standard InChI is InChI=1S/C28H31FN2O3S/c1-19-7-5-6-8-22(19)27(33)31(28(2,3)4)17-26(32)30-15-13-25-23(14-16-35-25)24(30)18-34-21-11-9-20(29)10-12-21/h5-12,14,16,24H,13,15,17-18H2,1-4H3/t24-/m0/s1. The summed E-state index contributed by atoms with van der Waals surface area (Å²) in [5.74, 6) is -0.0533. The fourth-order valence-corrected chi connectivity index (χ4v) is 5.31. The van der Waals surface area contributed by atoms with Gasteiger partial charge in [-0.15, -0.1) is 11.3 Å². The van der Waals surface area contributed by atoms with E-state index in [-0.39, 0.29) is 36.8 Å². The molecule has 0 aliphatic carbocycles. The lowest BCUT2D eigenvalue weighted by Crippen LogP contribution is -2.53. The van der Waals surface area contributed by atoms with Crippen molar-refractivity contribution in [2.45, 2.75) is 45.7 Å². The van der Waals surface area contributed by atoms with Crippen LogP contribution in [0, 0.1) is 12.7 Å². The second kappa shape index (κ2) is 10.2. The second-order valence-corrected chi connectivity index (χ2v) is 10.8. The molecule has 1 aliphatic rings. The van der Waals surface area contributed by atoms with Crippen LogP contribution in [-0.2, 0) is 11.2 Å². The van der Waals surface area contributed by atoms with Gasteiger partial charge in [-0.2, -0.15) is 0 Å². The maximum Gasteiger partial charge on any atom is 0.255 e. The van der Waals surface area contributed by atoms with Crippen LogP contribution in [0.1, 0.15) is 53.2 Å². The maximum absolute atomic E-state index is 13.7. The number of carbonyl (C=O) groups is 2. The number of thiophene rings is 1. The van der Waals surface area contributed by atoms with E-state index in [9.17, 15) is 14.0 Å². The molecule has 2 heterocycles. The van der Waals surface area contributed by atoms with Crippen LogP contribution in [0.3, 0.4) is 0 Å². The van der Waals surface area contributed by atoms with Crippen molar-refractivity contribution in [2.75, 3.05) is 19.7 Å². The van der Waals surface area contributed by atoms with Gasteiger partial charge in [-0.25, -0.2) is 4.39 Å². The number of carbonyl (C=O) groups excluding carboxylic acids is 2. The molecule has 0 radical (unpaired) electrons. The molecule has 7 heteroatoms. The number of ether oxygens (including phenoxy) is 1. The third kappa shape index (κ3) is 5.56. The van der Waals surface area contributed by atoms with Crippen molar-refractivity contribution >= 4 is 23.2 Å². The second-order valence-electron chi connectivity index (χ2n) is 9.79. The quantitative estimate of drug-likeness (QED) is 0.446. The summed E-state index contributed by atoms with van der Waals surface area (Å²) in [6.07, 6.45) is 0.771. The van der Waals surface area contributed by atoms with Crippen molar-refractivity contribution in [3.63, 3.8) is 0 Å². The van der Waals surface area contributed by atoms with Gasteiger partial charge >= 0.3 is 0 Å². The van der Waals surface area contributed by atoms with Crippen LogP contribution in [0.15, 0.2) is 60.0 Å². The van der Waals surface area contributed by atoms with E-state index in [1.54, 1.807) is 34.4 Å². The molecule has 2 amide bonds. The van der Waals surface area contributed by atoms with Gasteiger partial charge in [-0.3, -0.25) is 9.59 Å². The number of aryl methyl sites for hydroxylation is 1. The zero-order valence-electron chi connectivity index (χ0n) is 20.6. The van der Waals surface area contributed by atoms with Gasteiger partial charge in [0.15, 0.2) is 0 Å². The van der Waals surface area contributed by atoms with Crippen LogP contribution in [0.2, 0.25) is 0 Å². The molecule has 1 aliphatic heterocycles. The highest BCUT2D eigenvalue weighted by Crippen LogP contribution is 2.34. The van der Waals surface area contributed by atoms with Gasteiger partial charge in [0, 0.05) is 22.5 Å². The number of hydrogen-bond acceptors (Lipinski definition) is 4. The molecule has 0 saturated heterocycles. The molecular formula is C28H31FN2O3S. The Kier molecular flexibility index (Phi) is 7.26. The zero-order chi connectivity index (χ0) is 25.2. The number of benzene rings is 2. The number of hydrogen-bond donors (Lipinski definition) is 0. The van der Waals surface area contributed by atoms with E-state index in [4.69, 9.17) is 4.74 Å². The van der Waals surface area contributed by atoms with Crippen LogP contribution in [-0.4, -0.2) is 46.8 Å². The largest absolute Gasteiger partial charge is 0.491 e. The van der Waals surface area contributed by atoms with Gasteiger partial charge in [-0.1, -0.05) is 18.2 Å². The van der Waals surface area contributed by atoms with Gasteiger partial charge in [0.1, 0.15) is 24.7 Å².